The highest BCUT2D eigenvalue weighted by Crippen LogP contribution is 2.26. The van der Waals surface area contributed by atoms with E-state index in [-0.39, 0.29) is 47.0 Å². The molecule has 1 N–H and O–H groups in total. The topological polar surface area (TPSA) is 68.3 Å². The number of hydrogen-bond acceptors (Lipinski definition) is 5. The van der Waals surface area contributed by atoms with Crippen molar-refractivity contribution in [2.24, 2.45) is 0 Å². The van der Waals surface area contributed by atoms with E-state index in [9.17, 15) is 9.59 Å². The highest BCUT2D eigenvalue weighted by molar-refractivity contribution is 8.18. The average molecular weight is 358 g/mol. The van der Waals surface area contributed by atoms with Crippen LogP contribution in [0.4, 0.5) is 4.79 Å². The molecule has 0 spiro atoms. The molecule has 0 aliphatic carbocycles. The van der Waals surface area contributed by atoms with Crippen molar-refractivity contribution in [1.29, 1.82) is 0 Å². The fourth-order valence-electron chi connectivity index (χ4n) is 2.08. The molecule has 1 aromatic carbocycles. The Bertz CT molecular complexity index is 980. The number of rotatable bonds is 6. The van der Waals surface area contributed by atoms with Crippen LogP contribution in [0.5, 0.6) is 5.75 Å². The predicted octanol–water partition coefficient (Wildman–Crippen LogP) is 3.59. The molecular weight excluding hydrogens is 336 g/mol. The number of nitrogens with zero attached hydrogens (tertiary/aromatic N) is 1. The van der Waals surface area contributed by atoms with Gasteiger partial charge in [0.25, 0.3) is 11.1 Å². The van der Waals surface area contributed by atoms with Gasteiger partial charge in [-0.2, -0.15) is 0 Å². The van der Waals surface area contributed by atoms with Crippen LogP contribution in [0, 0.1) is 0 Å². The summed E-state index contributed by atoms with van der Waals surface area (Å²) < 4.78 is 38.1. The third-order valence-corrected chi connectivity index (χ3v) is 4.25. The van der Waals surface area contributed by atoms with Crippen molar-refractivity contribution in [3.63, 3.8) is 0 Å². The molecule has 2 amide bonds. The number of aryl methyl sites for hydroxylation is 1. The van der Waals surface area contributed by atoms with Crippen LogP contribution in [0.3, 0.4) is 0 Å². The van der Waals surface area contributed by atoms with Gasteiger partial charge in [-0.3, -0.25) is 19.9 Å². The molecule has 1 aliphatic heterocycles. The Morgan fingerprint density at radius 3 is 2.68 bits per heavy atom. The summed E-state index contributed by atoms with van der Waals surface area (Å²) in [6, 6.07) is 2.49. The second-order valence-electron chi connectivity index (χ2n) is 5.20. The zero-order valence-electron chi connectivity index (χ0n) is 17.5. The number of ether oxygens (including phenoxy) is 1. The number of nitrogens with one attached hydrogen (secondary N) is 1. The minimum atomic E-state index is -0.626. The SMILES string of the molecule is [2H]c1c([2H])c(OCCc2ccc(CC)cn2)c([2H])c([2H])c1/C=C1\SC(=O)NC1=O. The summed E-state index contributed by atoms with van der Waals surface area (Å²) in [5.74, 6) is -0.786. The molecule has 2 aromatic rings. The van der Waals surface area contributed by atoms with Gasteiger partial charge >= 0.3 is 0 Å². The first-order chi connectivity index (χ1) is 13.8. The third-order valence-electron chi connectivity index (χ3n) is 3.44. The van der Waals surface area contributed by atoms with Crippen LogP contribution >= 0.6 is 11.8 Å². The minimum Gasteiger partial charge on any atom is -0.493 e. The van der Waals surface area contributed by atoms with E-state index < -0.39 is 11.1 Å². The van der Waals surface area contributed by atoms with Gasteiger partial charge in [0.15, 0.2) is 0 Å². The molecule has 3 rings (SSSR count). The maximum absolute atomic E-state index is 11.7. The summed E-state index contributed by atoms with van der Waals surface area (Å²) in [4.78, 5) is 27.3. The fraction of sp³-hybridized carbons (Fsp3) is 0.211. The van der Waals surface area contributed by atoms with E-state index in [1.54, 1.807) is 6.20 Å². The summed E-state index contributed by atoms with van der Waals surface area (Å²) in [7, 11) is 0. The molecule has 1 fully saturated rings. The van der Waals surface area contributed by atoms with E-state index >= 15 is 0 Å². The molecule has 0 radical (unpaired) electrons. The number of carbonyl (C=O) groups is 2. The maximum Gasteiger partial charge on any atom is 0.290 e. The first-order valence-electron chi connectivity index (χ1n) is 9.73. The Kier molecular flexibility index (Phi) is 4.06. The molecule has 0 unspecified atom stereocenters. The second-order valence-corrected chi connectivity index (χ2v) is 6.22. The van der Waals surface area contributed by atoms with Crippen LogP contribution in [0.15, 0.2) is 47.4 Å². The van der Waals surface area contributed by atoms with Gasteiger partial charge in [0.1, 0.15) is 5.75 Å². The quantitative estimate of drug-likeness (QED) is 0.799. The first kappa shape index (κ1) is 12.7. The summed E-state index contributed by atoms with van der Waals surface area (Å²) in [6.07, 6.45) is 4.32. The molecule has 6 heteroatoms. The Labute approximate surface area is 156 Å². The number of amides is 2. The van der Waals surface area contributed by atoms with Gasteiger partial charge in [-0.15, -0.1) is 0 Å². The van der Waals surface area contributed by atoms with Crippen molar-refractivity contribution in [1.82, 2.24) is 10.3 Å². The van der Waals surface area contributed by atoms with Crippen LogP contribution < -0.4 is 10.1 Å². The van der Waals surface area contributed by atoms with Crippen LogP contribution in [0.2, 0.25) is 0 Å². The van der Waals surface area contributed by atoms with Crippen molar-refractivity contribution in [3.8, 4) is 5.75 Å². The summed E-state index contributed by atoms with van der Waals surface area (Å²) in [6.45, 7) is 2.18. The molecule has 1 aliphatic rings. The van der Waals surface area contributed by atoms with E-state index in [0.717, 1.165) is 17.7 Å². The number of thioether (sulfide) groups is 1. The lowest BCUT2D eigenvalue weighted by Gasteiger charge is -2.07. The molecule has 1 aromatic heterocycles. The summed E-state index contributed by atoms with van der Waals surface area (Å²) >= 11 is 0.650. The van der Waals surface area contributed by atoms with E-state index in [1.807, 2.05) is 19.1 Å². The number of aromatic nitrogens is 1. The molecule has 1 saturated heterocycles. The molecule has 2 heterocycles. The van der Waals surface area contributed by atoms with Crippen molar-refractivity contribution < 1.29 is 19.8 Å². The van der Waals surface area contributed by atoms with Gasteiger partial charge in [0.05, 0.1) is 17.0 Å². The fourth-order valence-corrected chi connectivity index (χ4v) is 2.74. The third kappa shape index (κ3) is 4.70. The lowest BCUT2D eigenvalue weighted by Crippen LogP contribution is -2.17. The zero-order valence-corrected chi connectivity index (χ0v) is 14.3. The minimum absolute atomic E-state index is 0.0195. The van der Waals surface area contributed by atoms with E-state index in [0.29, 0.717) is 18.2 Å². The smallest absolute Gasteiger partial charge is 0.290 e. The molecule has 0 atom stereocenters. The summed E-state index contributed by atoms with van der Waals surface area (Å²) in [5, 5.41) is 1.54. The largest absolute Gasteiger partial charge is 0.493 e. The van der Waals surface area contributed by atoms with Crippen molar-refractivity contribution in [2.45, 2.75) is 19.8 Å². The van der Waals surface area contributed by atoms with Gasteiger partial charge in [0.2, 0.25) is 0 Å². The Morgan fingerprint density at radius 1 is 1.28 bits per heavy atom. The molecule has 0 saturated carbocycles. The Hall–Kier alpha value is -2.60. The molecule has 25 heavy (non-hydrogen) atoms. The monoisotopic (exact) mass is 358 g/mol. The predicted molar refractivity (Wildman–Crippen MR) is 98.4 cm³/mol. The zero-order chi connectivity index (χ0) is 21.1. The standard InChI is InChI=1S/C19H18N2O3S/c1-2-13-3-6-15(20-12-13)9-10-24-16-7-4-14(5-8-16)11-17-18(22)21-19(23)25-17/h3-8,11-12H,2,9-10H2,1H3,(H,21,22,23)/b17-11-/i4D,5D,7D,8D. The summed E-state index contributed by atoms with van der Waals surface area (Å²) in [5.41, 5.74) is 1.85. The van der Waals surface area contributed by atoms with Crippen LogP contribution in [-0.2, 0) is 17.6 Å². The van der Waals surface area contributed by atoms with Gasteiger partial charge in [-0.1, -0.05) is 25.1 Å². The molecule has 128 valence electrons. The number of benzene rings is 1. The van der Waals surface area contributed by atoms with Gasteiger partial charge < -0.3 is 4.74 Å². The number of pyridine rings is 1. The number of imide groups is 1. The number of carbonyl (C=O) groups excluding carboxylic acids is 2. The van der Waals surface area contributed by atoms with Crippen molar-refractivity contribution >= 4 is 29.0 Å². The highest BCUT2D eigenvalue weighted by Gasteiger charge is 2.24. The average Bonchev–Trinajstić information content (AvgIpc) is 3.03. The molecule has 5 nitrogen and oxygen atoms in total. The van der Waals surface area contributed by atoms with Crippen LogP contribution in [0.25, 0.3) is 6.08 Å². The Balaban J connectivity index is 1.80. The maximum atomic E-state index is 11.7. The second kappa shape index (κ2) is 7.98. The van der Waals surface area contributed by atoms with E-state index in [2.05, 4.69) is 10.3 Å². The van der Waals surface area contributed by atoms with E-state index in [1.165, 1.54) is 6.08 Å². The highest BCUT2D eigenvalue weighted by atomic mass is 32.2. The first-order valence-corrected chi connectivity index (χ1v) is 8.55. The van der Waals surface area contributed by atoms with Gasteiger partial charge in [-0.25, -0.2) is 0 Å². The molecular formula is C19H18N2O3S. The normalized spacial score (nSPS) is 17.7. The van der Waals surface area contributed by atoms with Crippen LogP contribution in [-0.4, -0.2) is 22.7 Å². The Morgan fingerprint density at radius 2 is 2.08 bits per heavy atom. The van der Waals surface area contributed by atoms with Crippen LogP contribution in [0.1, 0.15) is 29.2 Å². The van der Waals surface area contributed by atoms with Crippen molar-refractivity contribution in [3.05, 3.63) is 64.2 Å². The lowest BCUT2D eigenvalue weighted by molar-refractivity contribution is -0.115. The van der Waals surface area contributed by atoms with Gasteiger partial charge in [-0.05, 0) is 53.5 Å². The molecule has 0 bridgehead atoms. The lowest BCUT2D eigenvalue weighted by atomic mass is 10.2. The van der Waals surface area contributed by atoms with Gasteiger partial charge in [0, 0.05) is 18.3 Å². The number of hydrogen-bond donors (Lipinski definition) is 1. The van der Waals surface area contributed by atoms with E-state index in [4.69, 9.17) is 10.2 Å². The van der Waals surface area contributed by atoms with Crippen molar-refractivity contribution in [2.75, 3.05) is 6.61 Å².